The molecular formula is C23H34N6O2. The molecule has 168 valence electrons. The van der Waals surface area contributed by atoms with Crippen LogP contribution in [0.15, 0.2) is 18.2 Å². The zero-order valence-electron chi connectivity index (χ0n) is 18.6. The maximum atomic E-state index is 5.52. The van der Waals surface area contributed by atoms with Crippen molar-refractivity contribution in [1.29, 1.82) is 0 Å². The van der Waals surface area contributed by atoms with Gasteiger partial charge in [-0.2, -0.15) is 15.0 Å². The summed E-state index contributed by atoms with van der Waals surface area (Å²) in [4.78, 5) is 14.0. The fraction of sp³-hybridized carbons (Fsp3) is 0.609. The van der Waals surface area contributed by atoms with E-state index in [0.29, 0.717) is 35.7 Å². The SMILES string of the molecule is COc1ccc(Nc2nc(NC3CCCCC3)nc(NC3CCCCC3)n2)c(OC)c1. The quantitative estimate of drug-likeness (QED) is 0.535. The van der Waals surface area contributed by atoms with E-state index < -0.39 is 0 Å². The number of nitrogens with one attached hydrogen (secondary N) is 3. The van der Waals surface area contributed by atoms with Crippen molar-refractivity contribution in [3.05, 3.63) is 18.2 Å². The predicted octanol–water partition coefficient (Wildman–Crippen LogP) is 5.12. The van der Waals surface area contributed by atoms with E-state index in [4.69, 9.17) is 14.5 Å². The average Bonchev–Trinajstić information content (AvgIpc) is 2.80. The van der Waals surface area contributed by atoms with Crippen LogP contribution >= 0.6 is 0 Å². The minimum absolute atomic E-state index is 0.419. The average molecular weight is 427 g/mol. The van der Waals surface area contributed by atoms with Crippen LogP contribution in [0.25, 0.3) is 0 Å². The van der Waals surface area contributed by atoms with E-state index >= 15 is 0 Å². The predicted molar refractivity (Wildman–Crippen MR) is 124 cm³/mol. The normalized spacial score (nSPS) is 17.7. The van der Waals surface area contributed by atoms with Gasteiger partial charge in [-0.3, -0.25) is 0 Å². The highest BCUT2D eigenvalue weighted by Crippen LogP contribution is 2.31. The van der Waals surface area contributed by atoms with Gasteiger partial charge in [0.1, 0.15) is 11.5 Å². The Labute approximate surface area is 184 Å². The van der Waals surface area contributed by atoms with E-state index in [1.165, 1.54) is 38.5 Å². The molecule has 0 aliphatic heterocycles. The molecule has 3 N–H and O–H groups in total. The lowest BCUT2D eigenvalue weighted by molar-refractivity contribution is 0.395. The zero-order valence-corrected chi connectivity index (χ0v) is 18.6. The molecule has 1 heterocycles. The summed E-state index contributed by atoms with van der Waals surface area (Å²) < 4.78 is 10.8. The molecule has 0 radical (unpaired) electrons. The van der Waals surface area contributed by atoms with Crippen LogP contribution in [0.4, 0.5) is 23.5 Å². The van der Waals surface area contributed by atoms with Crippen LogP contribution in [0.1, 0.15) is 64.2 Å². The largest absolute Gasteiger partial charge is 0.497 e. The Kier molecular flexibility index (Phi) is 7.27. The molecule has 0 unspecified atom stereocenters. The number of nitrogens with zero attached hydrogens (tertiary/aromatic N) is 3. The van der Waals surface area contributed by atoms with Gasteiger partial charge in [0.15, 0.2) is 0 Å². The number of rotatable bonds is 8. The van der Waals surface area contributed by atoms with Crippen LogP contribution in [-0.2, 0) is 0 Å². The van der Waals surface area contributed by atoms with Crippen molar-refractivity contribution in [2.24, 2.45) is 0 Å². The Morgan fingerprint density at radius 1 is 0.710 bits per heavy atom. The number of methoxy groups -OCH3 is 2. The summed E-state index contributed by atoms with van der Waals surface area (Å²) >= 11 is 0. The highest BCUT2D eigenvalue weighted by atomic mass is 16.5. The van der Waals surface area contributed by atoms with Gasteiger partial charge in [0.25, 0.3) is 0 Å². The van der Waals surface area contributed by atoms with Crippen LogP contribution in [0.2, 0.25) is 0 Å². The van der Waals surface area contributed by atoms with Crippen molar-refractivity contribution in [1.82, 2.24) is 15.0 Å². The molecule has 0 amide bonds. The second-order valence-corrected chi connectivity index (χ2v) is 8.46. The van der Waals surface area contributed by atoms with Crippen LogP contribution in [-0.4, -0.2) is 41.3 Å². The third kappa shape index (κ3) is 5.89. The minimum Gasteiger partial charge on any atom is -0.497 e. The summed E-state index contributed by atoms with van der Waals surface area (Å²) in [5.74, 6) is 3.14. The summed E-state index contributed by atoms with van der Waals surface area (Å²) in [6.45, 7) is 0. The third-order valence-corrected chi connectivity index (χ3v) is 6.17. The Morgan fingerprint density at radius 3 is 1.77 bits per heavy atom. The number of ether oxygens (including phenoxy) is 2. The van der Waals surface area contributed by atoms with Gasteiger partial charge in [-0.1, -0.05) is 38.5 Å². The Hall–Kier alpha value is -2.77. The Balaban J connectivity index is 1.57. The topological polar surface area (TPSA) is 93.2 Å². The lowest BCUT2D eigenvalue weighted by Crippen LogP contribution is -2.26. The first kappa shape index (κ1) is 21.5. The molecule has 0 saturated heterocycles. The van der Waals surface area contributed by atoms with E-state index in [0.717, 1.165) is 37.1 Å². The van der Waals surface area contributed by atoms with Crippen molar-refractivity contribution in [2.75, 3.05) is 30.2 Å². The van der Waals surface area contributed by atoms with Crippen molar-refractivity contribution >= 4 is 23.5 Å². The second-order valence-electron chi connectivity index (χ2n) is 8.46. The summed E-state index contributed by atoms with van der Waals surface area (Å²) in [6, 6.07) is 6.47. The molecule has 2 aromatic rings. The van der Waals surface area contributed by atoms with Crippen LogP contribution < -0.4 is 25.4 Å². The highest BCUT2D eigenvalue weighted by Gasteiger charge is 2.19. The van der Waals surface area contributed by atoms with Gasteiger partial charge in [0.2, 0.25) is 17.8 Å². The first-order valence-electron chi connectivity index (χ1n) is 11.5. The second kappa shape index (κ2) is 10.5. The van der Waals surface area contributed by atoms with E-state index in [1.54, 1.807) is 14.2 Å². The van der Waals surface area contributed by atoms with Crippen LogP contribution in [0, 0.1) is 0 Å². The monoisotopic (exact) mass is 426 g/mol. The molecule has 8 heteroatoms. The molecule has 8 nitrogen and oxygen atoms in total. The number of hydrogen-bond donors (Lipinski definition) is 3. The smallest absolute Gasteiger partial charge is 0.233 e. The fourth-order valence-electron chi connectivity index (χ4n) is 4.44. The van der Waals surface area contributed by atoms with Crippen molar-refractivity contribution in [3.63, 3.8) is 0 Å². The molecule has 2 aliphatic rings. The minimum atomic E-state index is 0.419. The van der Waals surface area contributed by atoms with Gasteiger partial charge >= 0.3 is 0 Å². The Morgan fingerprint density at radius 2 is 1.26 bits per heavy atom. The molecule has 2 saturated carbocycles. The van der Waals surface area contributed by atoms with Gasteiger partial charge in [-0.05, 0) is 37.8 Å². The molecule has 2 fully saturated rings. The van der Waals surface area contributed by atoms with Gasteiger partial charge < -0.3 is 25.4 Å². The highest BCUT2D eigenvalue weighted by molar-refractivity contribution is 5.65. The lowest BCUT2D eigenvalue weighted by atomic mass is 9.96. The maximum absolute atomic E-state index is 5.52. The molecule has 4 rings (SSSR count). The first-order chi connectivity index (χ1) is 15.2. The van der Waals surface area contributed by atoms with Crippen LogP contribution in [0.5, 0.6) is 11.5 Å². The molecule has 31 heavy (non-hydrogen) atoms. The maximum Gasteiger partial charge on any atom is 0.233 e. The lowest BCUT2D eigenvalue weighted by Gasteiger charge is -2.25. The molecule has 1 aromatic heterocycles. The van der Waals surface area contributed by atoms with E-state index in [9.17, 15) is 0 Å². The van der Waals surface area contributed by atoms with Gasteiger partial charge in [0, 0.05) is 18.2 Å². The Bertz CT molecular complexity index is 812. The summed E-state index contributed by atoms with van der Waals surface area (Å²) in [6.07, 6.45) is 12.3. The van der Waals surface area contributed by atoms with Crippen molar-refractivity contribution in [3.8, 4) is 11.5 Å². The number of hydrogen-bond acceptors (Lipinski definition) is 8. The first-order valence-corrected chi connectivity index (χ1v) is 11.5. The van der Waals surface area contributed by atoms with Gasteiger partial charge in [0.05, 0.1) is 19.9 Å². The van der Waals surface area contributed by atoms with Gasteiger partial charge in [-0.15, -0.1) is 0 Å². The number of benzene rings is 1. The molecule has 0 atom stereocenters. The molecular weight excluding hydrogens is 392 g/mol. The van der Waals surface area contributed by atoms with Gasteiger partial charge in [-0.25, -0.2) is 0 Å². The zero-order chi connectivity index (χ0) is 21.5. The van der Waals surface area contributed by atoms with Crippen molar-refractivity contribution in [2.45, 2.75) is 76.3 Å². The van der Waals surface area contributed by atoms with E-state index in [-0.39, 0.29) is 0 Å². The van der Waals surface area contributed by atoms with E-state index in [1.807, 2.05) is 18.2 Å². The summed E-state index contributed by atoms with van der Waals surface area (Å²) in [7, 11) is 3.28. The number of anilines is 4. The molecule has 0 bridgehead atoms. The van der Waals surface area contributed by atoms with E-state index in [2.05, 4.69) is 25.9 Å². The van der Waals surface area contributed by atoms with Crippen LogP contribution in [0.3, 0.4) is 0 Å². The standard InChI is InChI=1S/C23H34N6O2/c1-30-18-13-14-19(20(15-18)31-2)26-23-28-21(24-16-9-5-3-6-10-16)27-22(29-23)25-17-11-7-4-8-12-17/h13-17H,3-12H2,1-2H3,(H3,24,25,26,27,28,29). The molecule has 2 aliphatic carbocycles. The van der Waals surface area contributed by atoms with Crippen molar-refractivity contribution < 1.29 is 9.47 Å². The number of aromatic nitrogens is 3. The third-order valence-electron chi connectivity index (χ3n) is 6.17. The fourth-order valence-corrected chi connectivity index (χ4v) is 4.44. The molecule has 1 aromatic carbocycles. The summed E-state index contributed by atoms with van der Waals surface area (Å²) in [5.41, 5.74) is 0.779. The summed E-state index contributed by atoms with van der Waals surface area (Å²) in [5, 5.41) is 10.4. The molecule has 0 spiro atoms.